The molecule has 4 heteroatoms. The van der Waals surface area contributed by atoms with Gasteiger partial charge in [0.25, 0.3) is 0 Å². The lowest BCUT2D eigenvalue weighted by Crippen LogP contribution is -2.58. The van der Waals surface area contributed by atoms with E-state index in [0.29, 0.717) is 12.3 Å². The summed E-state index contributed by atoms with van der Waals surface area (Å²) in [6, 6.07) is 8.16. The molecule has 0 amide bonds. The number of aliphatic carboxylic acids is 1. The summed E-state index contributed by atoms with van der Waals surface area (Å²) in [4.78, 5) is 11.4. The fraction of sp³-hybridized carbons (Fsp3) is 0.462. The van der Waals surface area contributed by atoms with Crippen LogP contribution in [0.5, 0.6) is 0 Å². The molecule has 17 heavy (non-hydrogen) atoms. The zero-order valence-electron chi connectivity index (χ0n) is 9.43. The normalized spacial score (nSPS) is 33.7. The molecule has 1 aromatic carbocycles. The van der Waals surface area contributed by atoms with Crippen molar-refractivity contribution in [2.24, 2.45) is 5.73 Å². The van der Waals surface area contributed by atoms with Gasteiger partial charge in [-0.25, -0.2) is 0 Å². The van der Waals surface area contributed by atoms with Crippen LogP contribution in [0.1, 0.15) is 42.2 Å². The fourth-order valence-corrected chi connectivity index (χ4v) is 3.41. The van der Waals surface area contributed by atoms with E-state index < -0.39 is 11.5 Å². The number of carboxylic acids is 1. The van der Waals surface area contributed by atoms with E-state index in [9.17, 15) is 9.90 Å². The summed E-state index contributed by atoms with van der Waals surface area (Å²) in [6.07, 6.45) is 2.57. The van der Waals surface area contributed by atoms with Crippen LogP contribution in [-0.4, -0.2) is 16.6 Å². The van der Waals surface area contributed by atoms with Crippen molar-refractivity contribution in [2.75, 3.05) is 0 Å². The van der Waals surface area contributed by atoms with Gasteiger partial charge in [0.2, 0.25) is 0 Å². The molecule has 3 aliphatic rings. The van der Waals surface area contributed by atoms with Crippen molar-refractivity contribution in [3.8, 4) is 0 Å². The van der Waals surface area contributed by atoms with Gasteiger partial charge in [0, 0.05) is 5.92 Å². The summed E-state index contributed by atoms with van der Waals surface area (Å²) in [6.45, 7) is 0. The number of rotatable bonds is 1. The molecule has 3 N–H and O–H groups in total. The second-order valence-electron chi connectivity index (χ2n) is 5.01. The summed E-state index contributed by atoms with van der Waals surface area (Å²) in [5, 5.41) is 9.32. The van der Waals surface area contributed by atoms with Crippen LogP contribution in [0, 0.1) is 0 Å². The monoisotopic (exact) mass is 253 g/mol. The highest BCUT2D eigenvalue weighted by Gasteiger charge is 2.52. The molecule has 4 rings (SSSR count). The molecule has 0 aromatic heterocycles. The standard InChI is InChI=1S/C13H15NO2.ClH/c14-13(12(15)16)7-8-5-6-11(13)10-4-2-1-3-9(8)10;/h1-4,8,11H,5-7,14H2,(H,15,16);1H. The molecule has 0 heterocycles. The van der Waals surface area contributed by atoms with Crippen molar-refractivity contribution >= 4 is 18.4 Å². The lowest BCUT2D eigenvalue weighted by atomic mass is 9.58. The van der Waals surface area contributed by atoms with Crippen molar-refractivity contribution in [3.63, 3.8) is 0 Å². The van der Waals surface area contributed by atoms with Gasteiger partial charge in [0.15, 0.2) is 0 Å². The van der Waals surface area contributed by atoms with Crippen molar-refractivity contribution < 1.29 is 9.90 Å². The molecule has 0 radical (unpaired) electrons. The first-order chi connectivity index (χ1) is 7.63. The van der Waals surface area contributed by atoms with Gasteiger partial charge in [-0.05, 0) is 36.3 Å². The first kappa shape index (κ1) is 12.4. The maximum Gasteiger partial charge on any atom is 0.324 e. The Hall–Kier alpha value is -1.06. The molecule has 0 spiro atoms. The number of halogens is 1. The Labute approximate surface area is 106 Å². The van der Waals surface area contributed by atoms with Gasteiger partial charge < -0.3 is 10.8 Å². The number of carbonyl (C=O) groups is 1. The first-order valence-electron chi connectivity index (χ1n) is 5.74. The Morgan fingerprint density at radius 1 is 1.29 bits per heavy atom. The van der Waals surface area contributed by atoms with Crippen molar-refractivity contribution in [1.29, 1.82) is 0 Å². The molecular formula is C13H16ClNO2. The minimum atomic E-state index is -1.04. The number of hydrogen-bond acceptors (Lipinski definition) is 2. The SMILES string of the molecule is Cl.NC1(C(=O)O)CC2CCC1c1ccccc12. The highest BCUT2D eigenvalue weighted by atomic mass is 35.5. The average Bonchev–Trinajstić information content (AvgIpc) is 2.30. The Morgan fingerprint density at radius 2 is 1.94 bits per heavy atom. The number of hydrogen-bond donors (Lipinski definition) is 2. The van der Waals surface area contributed by atoms with E-state index >= 15 is 0 Å². The van der Waals surface area contributed by atoms with E-state index in [2.05, 4.69) is 6.07 Å². The summed E-state index contributed by atoms with van der Waals surface area (Å²) in [5.74, 6) is -0.523. The molecule has 0 aliphatic heterocycles. The number of fused-ring (bicyclic) bond motifs is 2. The first-order valence-corrected chi connectivity index (χ1v) is 5.74. The van der Waals surface area contributed by atoms with Crippen LogP contribution >= 0.6 is 12.4 Å². The number of nitrogens with two attached hydrogens (primary N) is 1. The zero-order chi connectivity index (χ0) is 11.3. The van der Waals surface area contributed by atoms with Crippen LogP contribution in [0.25, 0.3) is 0 Å². The van der Waals surface area contributed by atoms with Crippen molar-refractivity contribution in [2.45, 2.75) is 36.6 Å². The lowest BCUT2D eigenvalue weighted by molar-refractivity contribution is -0.146. The molecule has 92 valence electrons. The van der Waals surface area contributed by atoms with Gasteiger partial charge in [0.1, 0.15) is 5.54 Å². The number of benzene rings is 1. The van der Waals surface area contributed by atoms with E-state index in [4.69, 9.17) is 5.73 Å². The van der Waals surface area contributed by atoms with E-state index in [1.807, 2.05) is 18.2 Å². The van der Waals surface area contributed by atoms with E-state index in [-0.39, 0.29) is 18.3 Å². The molecular weight excluding hydrogens is 238 g/mol. The second-order valence-corrected chi connectivity index (χ2v) is 5.01. The Kier molecular flexibility index (Phi) is 2.92. The van der Waals surface area contributed by atoms with Crippen molar-refractivity contribution in [3.05, 3.63) is 35.4 Å². The lowest BCUT2D eigenvalue weighted by Gasteiger charge is -2.48. The zero-order valence-corrected chi connectivity index (χ0v) is 10.2. The topological polar surface area (TPSA) is 63.3 Å². The molecule has 1 saturated carbocycles. The largest absolute Gasteiger partial charge is 0.480 e. The molecule has 2 bridgehead atoms. The van der Waals surface area contributed by atoms with Crippen LogP contribution in [0.4, 0.5) is 0 Å². The minimum absolute atomic E-state index is 0. The van der Waals surface area contributed by atoms with Gasteiger partial charge in [-0.1, -0.05) is 24.3 Å². The Balaban J connectivity index is 0.00000108. The Bertz CT molecular complexity index is 462. The fourth-order valence-electron chi connectivity index (χ4n) is 3.41. The maximum atomic E-state index is 11.4. The summed E-state index contributed by atoms with van der Waals surface area (Å²) < 4.78 is 0. The third-order valence-corrected chi connectivity index (χ3v) is 4.22. The minimum Gasteiger partial charge on any atom is -0.480 e. The summed E-state index contributed by atoms with van der Waals surface area (Å²) >= 11 is 0. The highest BCUT2D eigenvalue weighted by Crippen LogP contribution is 2.53. The van der Waals surface area contributed by atoms with Crippen LogP contribution in [0.3, 0.4) is 0 Å². The van der Waals surface area contributed by atoms with Crippen LogP contribution in [0.15, 0.2) is 24.3 Å². The van der Waals surface area contributed by atoms with Gasteiger partial charge in [-0.15, -0.1) is 12.4 Å². The molecule has 3 aliphatic carbocycles. The van der Waals surface area contributed by atoms with Crippen LogP contribution < -0.4 is 5.73 Å². The number of carboxylic acid groups (broad SMARTS) is 1. The molecule has 0 saturated heterocycles. The molecule has 1 fully saturated rings. The van der Waals surface area contributed by atoms with Crippen LogP contribution in [0.2, 0.25) is 0 Å². The van der Waals surface area contributed by atoms with E-state index in [1.165, 1.54) is 5.56 Å². The quantitative estimate of drug-likeness (QED) is 0.807. The maximum absolute atomic E-state index is 11.4. The second kappa shape index (κ2) is 4.00. The molecule has 1 aromatic rings. The van der Waals surface area contributed by atoms with E-state index in [0.717, 1.165) is 18.4 Å². The van der Waals surface area contributed by atoms with E-state index in [1.54, 1.807) is 0 Å². The third-order valence-electron chi connectivity index (χ3n) is 4.22. The van der Waals surface area contributed by atoms with Gasteiger partial charge >= 0.3 is 5.97 Å². The summed E-state index contributed by atoms with van der Waals surface area (Å²) in [5.41, 5.74) is 7.54. The molecule has 3 unspecified atom stereocenters. The van der Waals surface area contributed by atoms with Crippen LogP contribution in [-0.2, 0) is 4.79 Å². The third kappa shape index (κ3) is 1.57. The summed E-state index contributed by atoms with van der Waals surface area (Å²) in [7, 11) is 0. The Morgan fingerprint density at radius 3 is 2.59 bits per heavy atom. The predicted molar refractivity (Wildman–Crippen MR) is 67.6 cm³/mol. The van der Waals surface area contributed by atoms with Gasteiger partial charge in [0.05, 0.1) is 0 Å². The molecule has 3 atom stereocenters. The molecule has 3 nitrogen and oxygen atoms in total. The predicted octanol–water partition coefficient (Wildman–Crippen LogP) is 2.26. The van der Waals surface area contributed by atoms with Gasteiger partial charge in [-0.2, -0.15) is 0 Å². The highest BCUT2D eigenvalue weighted by molar-refractivity contribution is 5.85. The van der Waals surface area contributed by atoms with Gasteiger partial charge in [-0.3, -0.25) is 4.79 Å². The average molecular weight is 254 g/mol. The smallest absolute Gasteiger partial charge is 0.324 e. The van der Waals surface area contributed by atoms with Crippen molar-refractivity contribution in [1.82, 2.24) is 0 Å².